The molecule has 0 N–H and O–H groups in total. The zero-order valence-electron chi connectivity index (χ0n) is 47.8. The van der Waals surface area contributed by atoms with Crippen LogP contribution < -0.4 is 9.80 Å². The van der Waals surface area contributed by atoms with Gasteiger partial charge in [0.1, 0.15) is 5.52 Å². The molecule has 0 radical (unpaired) electrons. The van der Waals surface area contributed by atoms with Gasteiger partial charge in [0.25, 0.3) is 0 Å². The number of hydrogen-bond acceptors (Lipinski definition) is 6. The average Bonchev–Trinajstić information content (AvgIpc) is 2.05. The van der Waals surface area contributed by atoms with E-state index in [1.807, 2.05) is 30.6 Å². The molecule has 0 aliphatic heterocycles. The fourth-order valence-electron chi connectivity index (χ4n) is 12.7. The number of nitrogens with zero attached hydrogens (tertiary/aromatic N) is 4. The van der Waals surface area contributed by atoms with E-state index in [2.05, 4.69) is 306 Å². The van der Waals surface area contributed by atoms with Crippen LogP contribution in [0, 0.1) is 0 Å². The molecule has 4 aromatic heterocycles. The summed E-state index contributed by atoms with van der Waals surface area (Å²) in [5, 5.41) is 3.01. The Bertz CT molecular complexity index is 5180. The summed E-state index contributed by atoms with van der Waals surface area (Å²) in [6, 6.07) is 110. The minimum absolute atomic E-state index is 0.714. The van der Waals surface area contributed by atoms with Gasteiger partial charge < -0.3 is 18.6 Å². The molecule has 0 unspecified atom stereocenters. The first-order chi connectivity index (χ1) is 43.7. The third kappa shape index (κ3) is 9.33. The van der Waals surface area contributed by atoms with Crippen molar-refractivity contribution >= 4 is 78.1 Å². The highest BCUT2D eigenvalue weighted by atomic mass is 16.3. The number of fused-ring (bicyclic) bond motifs is 6. The normalized spacial score (nSPS) is 11.4. The quantitative estimate of drug-likeness (QED) is 0.115. The first-order valence-corrected chi connectivity index (χ1v) is 29.7. The fraction of sp³-hybridized carbons (Fsp3) is 0. The predicted octanol–water partition coefficient (Wildman–Crippen LogP) is 22.9. The zero-order valence-corrected chi connectivity index (χ0v) is 47.8. The average molecular weight is 1130 g/mol. The summed E-state index contributed by atoms with van der Waals surface area (Å²) in [4.78, 5) is 14.1. The highest BCUT2D eigenvalue weighted by Crippen LogP contribution is 2.49. The Morgan fingerprint density at radius 3 is 1.19 bits per heavy atom. The third-order valence-corrected chi connectivity index (χ3v) is 16.9. The zero-order chi connectivity index (χ0) is 58.3. The van der Waals surface area contributed by atoms with Crippen molar-refractivity contribution in [1.29, 1.82) is 0 Å². The molecule has 0 amide bonds. The third-order valence-electron chi connectivity index (χ3n) is 16.9. The van der Waals surface area contributed by atoms with E-state index >= 15 is 0 Å². The summed E-state index contributed by atoms with van der Waals surface area (Å²) in [6.45, 7) is 0. The lowest BCUT2D eigenvalue weighted by molar-refractivity contribution is 0.667. The van der Waals surface area contributed by atoms with Crippen molar-refractivity contribution in [1.82, 2.24) is 9.97 Å². The molecule has 0 bridgehead atoms. The number of anilines is 6. The maximum atomic E-state index is 7.10. The molecular formula is C82H54N4O2. The summed E-state index contributed by atoms with van der Waals surface area (Å²) in [5.41, 5.74) is 25.4. The van der Waals surface area contributed by atoms with Gasteiger partial charge >= 0.3 is 0 Å². The molecule has 6 heteroatoms. The van der Waals surface area contributed by atoms with Gasteiger partial charge in [-0.15, -0.1) is 0 Å². The van der Waals surface area contributed by atoms with Crippen molar-refractivity contribution < 1.29 is 8.83 Å². The van der Waals surface area contributed by atoms with E-state index in [1.165, 1.54) is 22.3 Å². The molecule has 0 saturated carbocycles. The lowest BCUT2D eigenvalue weighted by Crippen LogP contribution is -2.10. The molecule has 0 aliphatic rings. The summed E-state index contributed by atoms with van der Waals surface area (Å²) in [6.07, 6.45) is 5.48. The number of pyridine rings is 2. The summed E-state index contributed by atoms with van der Waals surface area (Å²) in [7, 11) is 0. The lowest BCUT2D eigenvalue weighted by atomic mass is 9.88. The first-order valence-electron chi connectivity index (χ1n) is 29.7. The van der Waals surface area contributed by atoms with Crippen molar-refractivity contribution in [3.05, 3.63) is 328 Å². The smallest absolute Gasteiger partial charge is 0.161 e. The van der Waals surface area contributed by atoms with Crippen LogP contribution in [-0.4, -0.2) is 9.97 Å². The molecule has 4 heterocycles. The fourth-order valence-corrected chi connectivity index (χ4v) is 12.7. The summed E-state index contributed by atoms with van der Waals surface area (Å²) >= 11 is 0. The second kappa shape index (κ2) is 22.3. The second-order valence-electron chi connectivity index (χ2n) is 22.0. The number of furan rings is 2. The van der Waals surface area contributed by atoms with Crippen LogP contribution in [0.5, 0.6) is 0 Å². The molecular weight excluding hydrogens is 1070 g/mol. The molecule has 12 aromatic carbocycles. The standard InChI is InChI=1S/C82H54N4O2/c1-4-18-55(19-5-1)57-33-41-62(42-34-57)85(75-31-16-30-74-72-51-53-83-54-78(72)88-81(74)75)64-47-39-61(40-48-64)68-26-12-13-27-69(68)70-28-14-15-29-71(70)73-49-50-76(82-79(73)80-77(87-82)32-17-52-84-80)86(63-43-35-58(36-44-63)56-20-6-2-7-21-56)65-45-37-60(38-46-65)67-25-11-10-24-66(67)59-22-8-3-9-23-59/h1-54H. The van der Waals surface area contributed by atoms with Crippen molar-refractivity contribution in [3.63, 3.8) is 0 Å². The SMILES string of the molecule is c1ccc(-c2ccc(N(c3ccc(-c4ccccc4-c4ccccc4-c4ccc(N(c5ccc(-c6ccccc6)cc5)c5ccc(-c6ccccc6-c6ccccc6)cc5)c5oc6cccnc6c45)cc3)c3cccc4c3oc3cnccc34)cc2)cc1. The Balaban J connectivity index is 0.807. The van der Waals surface area contributed by atoms with Crippen LogP contribution in [0.4, 0.5) is 34.1 Å². The van der Waals surface area contributed by atoms with Gasteiger partial charge in [0.2, 0.25) is 0 Å². The molecule has 88 heavy (non-hydrogen) atoms. The molecule has 6 nitrogen and oxygen atoms in total. The van der Waals surface area contributed by atoms with E-state index in [1.54, 1.807) is 6.20 Å². The minimum atomic E-state index is 0.714. The van der Waals surface area contributed by atoms with Crippen LogP contribution in [-0.2, 0) is 0 Å². The number of benzene rings is 12. The van der Waals surface area contributed by atoms with Gasteiger partial charge in [-0.1, -0.05) is 231 Å². The first kappa shape index (κ1) is 51.8. The van der Waals surface area contributed by atoms with Crippen molar-refractivity contribution in [2.75, 3.05) is 9.80 Å². The molecule has 0 saturated heterocycles. The van der Waals surface area contributed by atoms with Gasteiger partial charge in [-0.2, -0.15) is 0 Å². The Kier molecular flexibility index (Phi) is 13.1. The Morgan fingerprint density at radius 1 is 0.250 bits per heavy atom. The van der Waals surface area contributed by atoms with Crippen molar-refractivity contribution in [2.24, 2.45) is 0 Å². The lowest BCUT2D eigenvalue weighted by Gasteiger charge is -2.27. The van der Waals surface area contributed by atoms with Gasteiger partial charge in [-0.3, -0.25) is 9.97 Å². The van der Waals surface area contributed by atoms with Crippen molar-refractivity contribution in [3.8, 4) is 77.9 Å². The van der Waals surface area contributed by atoms with Crippen LogP contribution in [0.3, 0.4) is 0 Å². The van der Waals surface area contributed by atoms with E-state index in [9.17, 15) is 0 Å². The van der Waals surface area contributed by atoms with Gasteiger partial charge in [0.05, 0.1) is 23.0 Å². The Hall–Kier alpha value is -11.9. The molecule has 414 valence electrons. The topological polar surface area (TPSA) is 58.5 Å². The van der Waals surface area contributed by atoms with Crippen molar-refractivity contribution in [2.45, 2.75) is 0 Å². The molecule has 16 rings (SSSR count). The van der Waals surface area contributed by atoms with E-state index in [-0.39, 0.29) is 0 Å². The monoisotopic (exact) mass is 1130 g/mol. The number of para-hydroxylation sites is 1. The molecule has 0 atom stereocenters. The minimum Gasteiger partial charge on any atom is -0.452 e. The van der Waals surface area contributed by atoms with Gasteiger partial charge in [-0.05, 0) is 157 Å². The van der Waals surface area contributed by atoms with E-state index in [4.69, 9.17) is 13.8 Å². The highest BCUT2D eigenvalue weighted by Gasteiger charge is 2.26. The van der Waals surface area contributed by atoms with Crippen LogP contribution in [0.25, 0.3) is 122 Å². The van der Waals surface area contributed by atoms with E-state index in [0.717, 1.165) is 128 Å². The molecule has 16 aromatic rings. The predicted molar refractivity (Wildman–Crippen MR) is 364 cm³/mol. The Morgan fingerprint density at radius 2 is 0.659 bits per heavy atom. The van der Waals surface area contributed by atoms with Crippen LogP contribution in [0.15, 0.2) is 337 Å². The van der Waals surface area contributed by atoms with Gasteiger partial charge in [0.15, 0.2) is 22.3 Å². The van der Waals surface area contributed by atoms with E-state index < -0.39 is 0 Å². The van der Waals surface area contributed by atoms with Gasteiger partial charge in [0, 0.05) is 45.9 Å². The number of aromatic nitrogens is 2. The largest absolute Gasteiger partial charge is 0.452 e. The number of rotatable bonds is 13. The van der Waals surface area contributed by atoms with Gasteiger partial charge in [-0.25, -0.2) is 0 Å². The van der Waals surface area contributed by atoms with Crippen LogP contribution in [0.2, 0.25) is 0 Å². The molecule has 0 fully saturated rings. The maximum Gasteiger partial charge on any atom is 0.161 e. The maximum absolute atomic E-state index is 7.10. The van der Waals surface area contributed by atoms with Crippen LogP contribution in [0.1, 0.15) is 0 Å². The highest BCUT2D eigenvalue weighted by molar-refractivity contribution is 6.17. The second-order valence-corrected chi connectivity index (χ2v) is 22.0. The van der Waals surface area contributed by atoms with E-state index in [0.29, 0.717) is 5.58 Å². The summed E-state index contributed by atoms with van der Waals surface area (Å²) < 4.78 is 13.7. The number of hydrogen-bond donors (Lipinski definition) is 0. The summed E-state index contributed by atoms with van der Waals surface area (Å²) in [5.74, 6) is 0. The molecule has 0 spiro atoms. The Labute approximate surface area is 509 Å². The van der Waals surface area contributed by atoms with Crippen LogP contribution >= 0.6 is 0 Å². The molecule has 0 aliphatic carbocycles.